The second-order valence-corrected chi connectivity index (χ2v) is 5.60. The molecule has 1 aromatic carbocycles. The van der Waals surface area contributed by atoms with Gasteiger partial charge in [0.25, 0.3) is 5.91 Å². The Balaban J connectivity index is 1.68. The molecule has 0 saturated heterocycles. The van der Waals surface area contributed by atoms with E-state index in [1.54, 1.807) is 29.0 Å². The lowest BCUT2D eigenvalue weighted by atomic mass is 10.2. The molecule has 1 amide bonds. The zero-order valence-corrected chi connectivity index (χ0v) is 12.0. The van der Waals surface area contributed by atoms with E-state index in [0.717, 1.165) is 18.5 Å². The van der Waals surface area contributed by atoms with Crippen molar-refractivity contribution in [3.63, 3.8) is 0 Å². The molecule has 0 bridgehead atoms. The van der Waals surface area contributed by atoms with Gasteiger partial charge in [-0.1, -0.05) is 18.2 Å². The number of carbonyl (C=O) groups excluding carboxylic acids is 1. The summed E-state index contributed by atoms with van der Waals surface area (Å²) in [6.45, 7) is 0.375. The lowest BCUT2D eigenvalue weighted by Gasteiger charge is -2.19. The van der Waals surface area contributed by atoms with Gasteiger partial charge in [0.2, 0.25) is 0 Å². The minimum Gasteiger partial charge on any atom is -0.391 e. The molecule has 1 aliphatic rings. The van der Waals surface area contributed by atoms with Crippen molar-refractivity contribution in [2.24, 2.45) is 5.92 Å². The number of benzene rings is 1. The summed E-state index contributed by atoms with van der Waals surface area (Å²) >= 11 is 0. The smallest absolute Gasteiger partial charge is 0.256 e. The average molecular weight is 285 g/mol. The van der Waals surface area contributed by atoms with Gasteiger partial charge >= 0.3 is 0 Å². The number of hydrogen-bond donors (Lipinski definition) is 1. The third-order valence-electron chi connectivity index (χ3n) is 3.82. The van der Waals surface area contributed by atoms with Gasteiger partial charge in [0.15, 0.2) is 0 Å². The Morgan fingerprint density at radius 2 is 2.14 bits per heavy atom. The van der Waals surface area contributed by atoms with Crippen molar-refractivity contribution in [2.75, 3.05) is 13.6 Å². The highest BCUT2D eigenvalue weighted by atomic mass is 16.3. The molecular weight excluding hydrogens is 266 g/mol. The Bertz CT molecular complexity index is 619. The number of aliphatic hydroxyl groups is 1. The van der Waals surface area contributed by atoms with E-state index in [0.29, 0.717) is 18.0 Å². The third-order valence-corrected chi connectivity index (χ3v) is 3.82. The normalized spacial score (nSPS) is 15.7. The van der Waals surface area contributed by atoms with Crippen LogP contribution in [-0.2, 0) is 0 Å². The number of likely N-dealkylation sites (N-methyl/N-ethyl adjacent to an activating group) is 1. The fraction of sp³-hybridized carbons (Fsp3) is 0.375. The van der Waals surface area contributed by atoms with Crippen molar-refractivity contribution < 1.29 is 9.90 Å². The minimum atomic E-state index is -0.414. The molecule has 0 spiro atoms. The van der Waals surface area contributed by atoms with Crippen LogP contribution in [0.25, 0.3) is 5.69 Å². The quantitative estimate of drug-likeness (QED) is 0.910. The van der Waals surface area contributed by atoms with E-state index < -0.39 is 6.10 Å². The van der Waals surface area contributed by atoms with Gasteiger partial charge in [-0.15, -0.1) is 0 Å². The molecule has 21 heavy (non-hydrogen) atoms. The lowest BCUT2D eigenvalue weighted by molar-refractivity contribution is 0.0645. The Hall–Kier alpha value is -2.14. The van der Waals surface area contributed by atoms with Gasteiger partial charge in [0.05, 0.1) is 23.6 Å². The predicted octanol–water partition coefficient (Wildman–Crippen LogP) is 1.72. The van der Waals surface area contributed by atoms with Crippen molar-refractivity contribution in [1.29, 1.82) is 0 Å². The zero-order valence-electron chi connectivity index (χ0n) is 12.0. The Labute approximate surface area is 123 Å². The summed E-state index contributed by atoms with van der Waals surface area (Å²) in [5.41, 5.74) is 1.45. The molecule has 3 rings (SSSR count). The Morgan fingerprint density at radius 3 is 2.81 bits per heavy atom. The summed E-state index contributed by atoms with van der Waals surface area (Å²) in [5.74, 6) is 0.254. The van der Waals surface area contributed by atoms with Gasteiger partial charge in [-0.2, -0.15) is 5.10 Å². The van der Waals surface area contributed by atoms with E-state index in [9.17, 15) is 9.90 Å². The van der Waals surface area contributed by atoms with Crippen molar-refractivity contribution in [3.05, 3.63) is 48.3 Å². The average Bonchev–Trinajstić information content (AvgIpc) is 3.25. The molecule has 1 aromatic heterocycles. The molecule has 1 atom stereocenters. The van der Waals surface area contributed by atoms with Crippen molar-refractivity contribution in [1.82, 2.24) is 14.7 Å². The molecule has 1 saturated carbocycles. The lowest BCUT2D eigenvalue weighted by Crippen LogP contribution is -2.35. The fourth-order valence-corrected chi connectivity index (χ4v) is 2.37. The number of rotatable bonds is 5. The highest BCUT2D eigenvalue weighted by Crippen LogP contribution is 2.32. The van der Waals surface area contributed by atoms with E-state index >= 15 is 0 Å². The molecule has 5 nitrogen and oxygen atoms in total. The van der Waals surface area contributed by atoms with E-state index in [4.69, 9.17) is 0 Å². The van der Waals surface area contributed by atoms with E-state index in [-0.39, 0.29) is 5.91 Å². The first-order valence-corrected chi connectivity index (χ1v) is 7.19. The highest BCUT2D eigenvalue weighted by molar-refractivity contribution is 5.93. The SMILES string of the molecule is CN(CC(O)C1CC1)C(=O)c1cnn(-c2ccccc2)c1. The van der Waals surface area contributed by atoms with Crippen molar-refractivity contribution in [2.45, 2.75) is 18.9 Å². The van der Waals surface area contributed by atoms with Crippen LogP contribution in [0.2, 0.25) is 0 Å². The van der Waals surface area contributed by atoms with Crippen LogP contribution in [0.5, 0.6) is 0 Å². The number of amides is 1. The number of aromatic nitrogens is 2. The maximum absolute atomic E-state index is 12.3. The van der Waals surface area contributed by atoms with Crippen LogP contribution in [0.3, 0.4) is 0 Å². The van der Waals surface area contributed by atoms with Crippen LogP contribution in [0.4, 0.5) is 0 Å². The van der Waals surface area contributed by atoms with Gasteiger partial charge < -0.3 is 10.0 Å². The number of aliphatic hydroxyl groups excluding tert-OH is 1. The van der Waals surface area contributed by atoms with Gasteiger partial charge in [-0.25, -0.2) is 4.68 Å². The first kappa shape index (κ1) is 13.8. The molecule has 110 valence electrons. The van der Waals surface area contributed by atoms with Crippen LogP contribution >= 0.6 is 0 Å². The standard InChI is InChI=1S/C16H19N3O2/c1-18(11-15(20)12-7-8-12)16(21)13-9-17-19(10-13)14-5-3-2-4-6-14/h2-6,9-10,12,15,20H,7-8,11H2,1H3. The summed E-state index contributed by atoms with van der Waals surface area (Å²) in [4.78, 5) is 13.9. The number of hydrogen-bond acceptors (Lipinski definition) is 3. The molecule has 1 heterocycles. The number of carbonyl (C=O) groups is 1. The number of nitrogens with zero attached hydrogens (tertiary/aromatic N) is 3. The molecule has 2 aromatic rings. The summed E-state index contributed by atoms with van der Waals surface area (Å²) < 4.78 is 1.68. The van der Waals surface area contributed by atoms with Crippen LogP contribution in [0, 0.1) is 5.92 Å². The third kappa shape index (κ3) is 3.13. The Morgan fingerprint density at radius 1 is 1.43 bits per heavy atom. The van der Waals surface area contributed by atoms with E-state index in [2.05, 4.69) is 5.10 Å². The first-order chi connectivity index (χ1) is 10.1. The molecule has 1 aliphatic carbocycles. The van der Waals surface area contributed by atoms with Crippen molar-refractivity contribution in [3.8, 4) is 5.69 Å². The van der Waals surface area contributed by atoms with E-state index in [1.165, 1.54) is 0 Å². The molecule has 0 aliphatic heterocycles. The largest absolute Gasteiger partial charge is 0.391 e. The van der Waals surface area contributed by atoms with Gasteiger partial charge in [-0.05, 0) is 30.9 Å². The number of para-hydroxylation sites is 1. The fourth-order valence-electron chi connectivity index (χ4n) is 2.37. The first-order valence-electron chi connectivity index (χ1n) is 7.19. The maximum Gasteiger partial charge on any atom is 0.256 e. The second-order valence-electron chi connectivity index (χ2n) is 5.60. The Kier molecular flexibility index (Phi) is 3.75. The zero-order chi connectivity index (χ0) is 14.8. The molecule has 1 unspecified atom stereocenters. The van der Waals surface area contributed by atoms with Crippen molar-refractivity contribution >= 4 is 5.91 Å². The van der Waals surface area contributed by atoms with Gasteiger partial charge in [0, 0.05) is 19.8 Å². The summed E-state index contributed by atoms with van der Waals surface area (Å²) in [7, 11) is 1.72. The summed E-state index contributed by atoms with van der Waals surface area (Å²) in [6, 6.07) is 9.66. The van der Waals surface area contributed by atoms with Crippen LogP contribution in [-0.4, -0.2) is 45.4 Å². The monoisotopic (exact) mass is 285 g/mol. The topological polar surface area (TPSA) is 58.4 Å². The molecular formula is C16H19N3O2. The molecule has 1 fully saturated rings. The molecule has 0 radical (unpaired) electrons. The maximum atomic E-state index is 12.3. The highest BCUT2D eigenvalue weighted by Gasteiger charge is 2.31. The van der Waals surface area contributed by atoms with Gasteiger partial charge in [-0.3, -0.25) is 4.79 Å². The summed E-state index contributed by atoms with van der Waals surface area (Å²) in [5, 5.41) is 14.1. The van der Waals surface area contributed by atoms with Crippen LogP contribution in [0.1, 0.15) is 23.2 Å². The van der Waals surface area contributed by atoms with Gasteiger partial charge in [0.1, 0.15) is 0 Å². The molecule has 5 heteroatoms. The minimum absolute atomic E-state index is 0.114. The predicted molar refractivity (Wildman–Crippen MR) is 79.3 cm³/mol. The summed E-state index contributed by atoms with van der Waals surface area (Å²) in [6.07, 6.45) is 5.00. The van der Waals surface area contributed by atoms with Crippen LogP contribution in [0.15, 0.2) is 42.7 Å². The second kappa shape index (κ2) is 5.69. The molecule has 1 N–H and O–H groups in total. The van der Waals surface area contributed by atoms with Crippen LogP contribution < -0.4 is 0 Å². The van der Waals surface area contributed by atoms with E-state index in [1.807, 2.05) is 30.3 Å².